The molecular formula is C27H29ClN4O3S. The number of hydrogen-bond acceptors (Lipinski definition) is 6. The number of ether oxygens (including phenoxy) is 1. The molecule has 0 bridgehead atoms. The van der Waals surface area contributed by atoms with Crippen LogP contribution in [-0.4, -0.2) is 54.0 Å². The Morgan fingerprint density at radius 3 is 2.81 bits per heavy atom. The van der Waals surface area contributed by atoms with Crippen molar-refractivity contribution in [3.8, 4) is 6.07 Å². The molecule has 0 radical (unpaired) electrons. The first-order valence-electron chi connectivity index (χ1n) is 12.3. The molecule has 0 aromatic heterocycles. The number of halogens is 1. The lowest BCUT2D eigenvalue weighted by molar-refractivity contribution is 0.0543. The van der Waals surface area contributed by atoms with Crippen LogP contribution >= 0.6 is 11.6 Å². The predicted molar refractivity (Wildman–Crippen MR) is 142 cm³/mol. The highest BCUT2D eigenvalue weighted by molar-refractivity contribution is 7.90. The molecular weight excluding hydrogens is 496 g/mol. The van der Waals surface area contributed by atoms with Gasteiger partial charge in [0.1, 0.15) is 11.8 Å². The zero-order valence-corrected chi connectivity index (χ0v) is 21.8. The standard InChI is InChI=1S/C27H29ClN4O3S/c1-36(34)13-10-30-27(33)19-4-6-22-18(14-19)3-7-23-25(22)31-32(26(23)17-8-11-35-12-9-17)21-5-2-20(16-29)24(28)15-21/h2,4-6,14-15,17,23,26H,3,7-13H2,1H3,(H,30,33)/t23-,26-,36?/m0/s1. The summed E-state index contributed by atoms with van der Waals surface area (Å²) in [7, 11) is 0. The van der Waals surface area contributed by atoms with Gasteiger partial charge in [-0.3, -0.25) is 9.80 Å². The number of anilines is 1. The van der Waals surface area contributed by atoms with Gasteiger partial charge in [-0.25, -0.2) is 0 Å². The van der Waals surface area contributed by atoms with E-state index in [0.717, 1.165) is 61.4 Å². The quantitative estimate of drug-likeness (QED) is 0.577. The first kappa shape index (κ1) is 25.1. The van der Waals surface area contributed by atoms with Gasteiger partial charge in [-0.2, -0.15) is 10.4 Å². The molecule has 2 heterocycles. The number of hydrogen-bond donors (Lipinski definition) is 1. The Bertz CT molecular complexity index is 1220. The smallest absolute Gasteiger partial charge is 0.251 e. The Morgan fingerprint density at radius 1 is 1.28 bits per heavy atom. The van der Waals surface area contributed by atoms with Gasteiger partial charge in [0, 0.05) is 30.3 Å². The predicted octanol–water partition coefficient (Wildman–Crippen LogP) is 3.90. The molecule has 1 saturated heterocycles. The Kier molecular flexibility index (Phi) is 7.54. The van der Waals surface area contributed by atoms with Gasteiger partial charge in [-0.05, 0) is 67.5 Å². The van der Waals surface area contributed by atoms with E-state index >= 15 is 0 Å². The molecule has 36 heavy (non-hydrogen) atoms. The molecule has 3 aliphatic rings. The second-order valence-corrected chi connectivity index (χ2v) is 11.6. The molecule has 2 aromatic rings. The number of rotatable bonds is 6. The Morgan fingerprint density at radius 2 is 2.08 bits per heavy atom. The Labute approximate surface area is 219 Å². The van der Waals surface area contributed by atoms with Crippen LogP contribution in [0.15, 0.2) is 41.5 Å². The summed E-state index contributed by atoms with van der Waals surface area (Å²) in [6.07, 6.45) is 5.43. The summed E-state index contributed by atoms with van der Waals surface area (Å²) in [5.74, 6) is 1.01. The van der Waals surface area contributed by atoms with Crippen molar-refractivity contribution in [2.45, 2.75) is 31.7 Å². The number of aryl methyl sites for hydroxylation is 1. The zero-order valence-electron chi connectivity index (χ0n) is 20.2. The van der Waals surface area contributed by atoms with E-state index in [4.69, 9.17) is 21.4 Å². The fraction of sp³-hybridized carbons (Fsp3) is 0.444. The third-order valence-corrected chi connectivity index (χ3v) is 8.48. The fourth-order valence-electron chi connectivity index (χ4n) is 5.62. The second kappa shape index (κ2) is 10.8. The average Bonchev–Trinajstić information content (AvgIpc) is 3.28. The highest BCUT2D eigenvalue weighted by Crippen LogP contribution is 2.43. The minimum atomic E-state index is -0.939. The highest BCUT2D eigenvalue weighted by atomic mass is 35.5. The van der Waals surface area contributed by atoms with Crippen LogP contribution in [0.3, 0.4) is 0 Å². The van der Waals surface area contributed by atoms with Crippen LogP contribution in [0, 0.1) is 23.2 Å². The van der Waals surface area contributed by atoms with Gasteiger partial charge in [0.05, 0.1) is 40.8 Å². The second-order valence-electron chi connectivity index (χ2n) is 9.60. The molecule has 3 atom stereocenters. The number of fused-ring (bicyclic) bond motifs is 3. The monoisotopic (exact) mass is 524 g/mol. The van der Waals surface area contributed by atoms with E-state index in [1.54, 1.807) is 12.3 Å². The van der Waals surface area contributed by atoms with Gasteiger partial charge in [-0.1, -0.05) is 28.8 Å². The highest BCUT2D eigenvalue weighted by Gasteiger charge is 2.45. The molecule has 9 heteroatoms. The normalized spacial score (nSPS) is 22.3. The van der Waals surface area contributed by atoms with Crippen molar-refractivity contribution < 1.29 is 14.1 Å². The van der Waals surface area contributed by atoms with Crippen molar-refractivity contribution >= 4 is 40.1 Å². The van der Waals surface area contributed by atoms with Crippen molar-refractivity contribution in [1.29, 1.82) is 5.26 Å². The maximum atomic E-state index is 12.6. The van der Waals surface area contributed by atoms with Gasteiger partial charge in [-0.15, -0.1) is 0 Å². The summed E-state index contributed by atoms with van der Waals surface area (Å²) in [5, 5.41) is 19.9. The largest absolute Gasteiger partial charge is 0.617 e. The topological polar surface area (TPSA) is 101 Å². The molecule has 0 spiro atoms. The van der Waals surface area contributed by atoms with Crippen LogP contribution in [0.25, 0.3) is 0 Å². The van der Waals surface area contributed by atoms with E-state index in [0.29, 0.717) is 34.4 Å². The third kappa shape index (κ3) is 4.98. The van der Waals surface area contributed by atoms with E-state index < -0.39 is 11.2 Å². The summed E-state index contributed by atoms with van der Waals surface area (Å²) >= 11 is 5.46. The third-order valence-electron chi connectivity index (χ3n) is 7.39. The van der Waals surface area contributed by atoms with Crippen molar-refractivity contribution in [2.75, 3.05) is 36.8 Å². The van der Waals surface area contributed by atoms with Crippen molar-refractivity contribution in [2.24, 2.45) is 16.9 Å². The summed E-state index contributed by atoms with van der Waals surface area (Å²) < 4.78 is 16.9. The minimum absolute atomic E-state index is 0.146. The molecule has 5 rings (SSSR count). The summed E-state index contributed by atoms with van der Waals surface area (Å²) in [5.41, 5.74) is 5.24. The molecule has 2 aromatic carbocycles. The van der Waals surface area contributed by atoms with Gasteiger partial charge in [0.25, 0.3) is 5.91 Å². The molecule has 2 aliphatic heterocycles. The van der Waals surface area contributed by atoms with Crippen LogP contribution in [0.4, 0.5) is 5.69 Å². The van der Waals surface area contributed by atoms with E-state index in [1.807, 2.05) is 30.3 Å². The summed E-state index contributed by atoms with van der Waals surface area (Å²) in [6.45, 7) is 1.90. The van der Waals surface area contributed by atoms with E-state index in [-0.39, 0.29) is 17.9 Å². The van der Waals surface area contributed by atoms with Crippen LogP contribution in [0.1, 0.15) is 46.3 Å². The number of nitriles is 1. The lowest BCUT2D eigenvalue weighted by Crippen LogP contribution is -2.43. The molecule has 1 N–H and O–H groups in total. The first-order valence-corrected chi connectivity index (χ1v) is 14.4. The van der Waals surface area contributed by atoms with Gasteiger partial charge in [0.15, 0.2) is 0 Å². The van der Waals surface area contributed by atoms with E-state index in [2.05, 4.69) is 16.4 Å². The van der Waals surface area contributed by atoms with Crippen LogP contribution in [0.5, 0.6) is 0 Å². The fourth-order valence-corrected chi connectivity index (χ4v) is 6.22. The molecule has 0 saturated carbocycles. The van der Waals surface area contributed by atoms with Gasteiger partial charge < -0.3 is 14.6 Å². The van der Waals surface area contributed by atoms with Crippen molar-refractivity contribution in [3.63, 3.8) is 0 Å². The number of nitrogens with zero attached hydrogens (tertiary/aromatic N) is 3. The van der Waals surface area contributed by atoms with Gasteiger partial charge >= 0.3 is 0 Å². The number of carbonyl (C=O) groups excluding carboxylic acids is 1. The minimum Gasteiger partial charge on any atom is -0.617 e. The van der Waals surface area contributed by atoms with Gasteiger partial charge in [0.2, 0.25) is 0 Å². The number of carbonyl (C=O) groups is 1. The molecule has 1 aliphatic carbocycles. The molecule has 1 unspecified atom stereocenters. The summed E-state index contributed by atoms with van der Waals surface area (Å²) in [4.78, 5) is 12.6. The average molecular weight is 525 g/mol. The molecule has 7 nitrogen and oxygen atoms in total. The molecule has 188 valence electrons. The van der Waals surface area contributed by atoms with E-state index in [1.165, 1.54) is 0 Å². The summed E-state index contributed by atoms with van der Waals surface area (Å²) in [6, 6.07) is 13.7. The number of hydrazone groups is 1. The maximum Gasteiger partial charge on any atom is 0.251 e. The zero-order chi connectivity index (χ0) is 25.2. The SMILES string of the molecule is C[S+]([O-])CCNC(=O)c1ccc2c(c1)CC[C@H]1C2=NN(c2ccc(C#N)c(Cl)c2)[C@H]1C1CCOCC1. The van der Waals surface area contributed by atoms with Crippen molar-refractivity contribution in [1.82, 2.24) is 5.32 Å². The van der Waals surface area contributed by atoms with Crippen LogP contribution < -0.4 is 10.3 Å². The molecule has 1 fully saturated rings. The van der Waals surface area contributed by atoms with E-state index in [9.17, 15) is 14.6 Å². The lowest BCUT2D eigenvalue weighted by Gasteiger charge is -2.37. The number of nitrogens with one attached hydrogen (secondary N) is 1. The Balaban J connectivity index is 1.46. The van der Waals surface area contributed by atoms with Crippen LogP contribution in [-0.2, 0) is 22.3 Å². The number of benzene rings is 2. The maximum absolute atomic E-state index is 12.6. The first-order chi connectivity index (χ1) is 17.5. The number of amides is 1. The lowest BCUT2D eigenvalue weighted by atomic mass is 9.73. The Hall–Kier alpha value is -2.57. The van der Waals surface area contributed by atoms with Crippen molar-refractivity contribution in [3.05, 3.63) is 63.7 Å². The molecule has 1 amide bonds. The van der Waals surface area contributed by atoms with Crippen LogP contribution in [0.2, 0.25) is 5.02 Å².